The van der Waals surface area contributed by atoms with Crippen LogP contribution in [-0.2, 0) is 19.6 Å². The minimum atomic E-state index is -3.52. The topological polar surface area (TPSA) is 87.7 Å². The molecule has 2 N–H and O–H groups in total. The van der Waals surface area contributed by atoms with Gasteiger partial charge in [0.05, 0.1) is 24.7 Å². The number of amides is 1. The van der Waals surface area contributed by atoms with Gasteiger partial charge in [0.2, 0.25) is 15.9 Å². The van der Waals surface area contributed by atoms with Gasteiger partial charge in [-0.3, -0.25) is 4.79 Å². The number of hydrogen-bond acceptors (Lipinski definition) is 5. The number of anilines is 1. The number of nitrogens with zero attached hydrogens (tertiary/aromatic N) is 1. The zero-order chi connectivity index (χ0) is 21.8. The summed E-state index contributed by atoms with van der Waals surface area (Å²) in [5.74, 6) is 0.445. The number of benzene rings is 1. The van der Waals surface area contributed by atoms with Gasteiger partial charge in [0.25, 0.3) is 0 Å². The van der Waals surface area contributed by atoms with Crippen LogP contribution in [0.5, 0.6) is 0 Å². The lowest BCUT2D eigenvalue weighted by Crippen LogP contribution is -2.46. The van der Waals surface area contributed by atoms with Crippen LogP contribution in [0.25, 0.3) is 0 Å². The molecule has 168 valence electrons. The second-order valence-electron chi connectivity index (χ2n) is 9.33. The van der Waals surface area contributed by atoms with E-state index in [2.05, 4.69) is 31.4 Å². The largest absolute Gasteiger partial charge is 0.379 e. The first kappa shape index (κ1) is 23.2. The molecule has 7 nitrogen and oxygen atoms in total. The molecule has 1 saturated heterocycles. The number of hydrogen-bond donors (Lipinski definition) is 2. The summed E-state index contributed by atoms with van der Waals surface area (Å²) in [5, 5.41) is 6.31. The zero-order valence-corrected chi connectivity index (χ0v) is 19.1. The molecule has 1 aromatic carbocycles. The van der Waals surface area contributed by atoms with Gasteiger partial charge in [-0.25, -0.2) is 8.42 Å². The third kappa shape index (κ3) is 5.81. The molecule has 1 aliphatic heterocycles. The maximum absolute atomic E-state index is 12.7. The van der Waals surface area contributed by atoms with E-state index in [9.17, 15) is 13.2 Å². The number of carbonyl (C=O) groups excluding carboxylic acids is 1. The second-order valence-corrected chi connectivity index (χ2v) is 11.3. The van der Waals surface area contributed by atoms with Crippen molar-refractivity contribution in [3.8, 4) is 0 Å². The summed E-state index contributed by atoms with van der Waals surface area (Å²) in [4.78, 5) is 12.7. The molecule has 2 unspecified atom stereocenters. The number of rotatable bonds is 6. The molecule has 1 heterocycles. The third-order valence-electron chi connectivity index (χ3n) is 6.15. The number of nitrogens with one attached hydrogen (secondary N) is 2. The first-order valence-electron chi connectivity index (χ1n) is 10.9. The van der Waals surface area contributed by atoms with E-state index >= 15 is 0 Å². The average Bonchev–Trinajstić information content (AvgIpc) is 2.73. The molecule has 30 heavy (non-hydrogen) atoms. The van der Waals surface area contributed by atoms with Gasteiger partial charge in [0.15, 0.2) is 0 Å². The lowest BCUT2D eigenvalue weighted by molar-refractivity contribution is -0.115. The van der Waals surface area contributed by atoms with Crippen LogP contribution >= 0.6 is 0 Å². The average molecular weight is 438 g/mol. The molecular formula is C22H35N3O4S. The molecule has 0 aromatic heterocycles. The van der Waals surface area contributed by atoms with E-state index < -0.39 is 10.0 Å². The van der Waals surface area contributed by atoms with Crippen molar-refractivity contribution in [2.75, 3.05) is 38.2 Å². The highest BCUT2D eigenvalue weighted by Crippen LogP contribution is 2.37. The molecule has 1 aliphatic carbocycles. The summed E-state index contributed by atoms with van der Waals surface area (Å²) in [6.07, 6.45) is 4.75. The molecule has 2 aliphatic rings. The standard InChI is InChI=1S/C22H35N3O4S/c1-22(2,3)19-6-4-5-7-20(19)23-16-21(26)24-17-8-10-18(11-9-17)30(27,28)25-12-14-29-15-13-25/h8-11,19-20,23H,4-7,12-16H2,1-3H3,(H,24,26). The van der Waals surface area contributed by atoms with Gasteiger partial charge in [-0.05, 0) is 48.4 Å². The van der Waals surface area contributed by atoms with Crippen molar-refractivity contribution in [1.29, 1.82) is 0 Å². The van der Waals surface area contributed by atoms with Crippen molar-refractivity contribution >= 4 is 21.6 Å². The van der Waals surface area contributed by atoms with Crippen LogP contribution in [0.2, 0.25) is 0 Å². The summed E-state index contributed by atoms with van der Waals surface area (Å²) in [7, 11) is -3.52. The maximum Gasteiger partial charge on any atom is 0.243 e. The minimum Gasteiger partial charge on any atom is -0.379 e. The normalized spacial score (nSPS) is 23.8. The van der Waals surface area contributed by atoms with Gasteiger partial charge in [0, 0.05) is 24.8 Å². The number of carbonyl (C=O) groups is 1. The molecule has 2 fully saturated rings. The van der Waals surface area contributed by atoms with Gasteiger partial charge < -0.3 is 15.4 Å². The zero-order valence-electron chi connectivity index (χ0n) is 18.3. The Morgan fingerprint density at radius 2 is 1.73 bits per heavy atom. The molecule has 0 bridgehead atoms. The van der Waals surface area contributed by atoms with Crippen molar-refractivity contribution in [3.63, 3.8) is 0 Å². The lowest BCUT2D eigenvalue weighted by atomic mass is 9.69. The Morgan fingerprint density at radius 1 is 1.10 bits per heavy atom. The van der Waals surface area contributed by atoms with Crippen molar-refractivity contribution in [2.45, 2.75) is 57.4 Å². The van der Waals surface area contributed by atoms with Crippen LogP contribution in [0.4, 0.5) is 5.69 Å². The molecular weight excluding hydrogens is 402 g/mol. The molecule has 3 rings (SSSR count). The Labute approximate surface area is 180 Å². The number of sulfonamides is 1. The van der Waals surface area contributed by atoms with E-state index in [-0.39, 0.29) is 22.8 Å². The van der Waals surface area contributed by atoms with Crippen LogP contribution in [0.3, 0.4) is 0 Å². The molecule has 1 amide bonds. The first-order valence-corrected chi connectivity index (χ1v) is 12.3. The Hall–Kier alpha value is -1.48. The minimum absolute atomic E-state index is 0.114. The van der Waals surface area contributed by atoms with Gasteiger partial charge in [0.1, 0.15) is 0 Å². The quantitative estimate of drug-likeness (QED) is 0.715. The lowest BCUT2D eigenvalue weighted by Gasteiger charge is -2.40. The summed E-state index contributed by atoms with van der Waals surface area (Å²) in [5.41, 5.74) is 0.815. The van der Waals surface area contributed by atoms with Crippen molar-refractivity contribution in [3.05, 3.63) is 24.3 Å². The van der Waals surface area contributed by atoms with Gasteiger partial charge in [-0.15, -0.1) is 0 Å². The fourth-order valence-corrected chi connectivity index (χ4v) is 5.89. The van der Waals surface area contributed by atoms with Crippen molar-refractivity contribution in [2.24, 2.45) is 11.3 Å². The Morgan fingerprint density at radius 3 is 2.37 bits per heavy atom. The molecule has 0 radical (unpaired) electrons. The van der Waals surface area contributed by atoms with Crippen LogP contribution < -0.4 is 10.6 Å². The molecule has 2 atom stereocenters. The summed E-state index contributed by atoms with van der Waals surface area (Å²) in [6.45, 7) is 8.62. The molecule has 8 heteroatoms. The van der Waals surface area contributed by atoms with Gasteiger partial charge >= 0.3 is 0 Å². The predicted molar refractivity (Wildman–Crippen MR) is 118 cm³/mol. The van der Waals surface area contributed by atoms with E-state index in [1.165, 1.54) is 23.6 Å². The van der Waals surface area contributed by atoms with Gasteiger partial charge in [-0.1, -0.05) is 33.6 Å². The molecule has 0 spiro atoms. The number of morpholine rings is 1. The van der Waals surface area contributed by atoms with Crippen LogP contribution in [0.1, 0.15) is 46.5 Å². The Kier molecular flexibility index (Phi) is 7.55. The van der Waals surface area contributed by atoms with E-state index in [1.807, 2.05) is 0 Å². The van der Waals surface area contributed by atoms with Crippen LogP contribution in [0, 0.1) is 11.3 Å². The van der Waals surface area contributed by atoms with Crippen molar-refractivity contribution in [1.82, 2.24) is 9.62 Å². The smallest absolute Gasteiger partial charge is 0.243 e. The molecule has 1 saturated carbocycles. The monoisotopic (exact) mass is 437 g/mol. The van der Waals surface area contributed by atoms with Gasteiger partial charge in [-0.2, -0.15) is 4.31 Å². The first-order chi connectivity index (χ1) is 14.2. The summed E-state index contributed by atoms with van der Waals surface area (Å²) < 4.78 is 32.0. The van der Waals surface area contributed by atoms with Crippen LogP contribution in [-0.4, -0.2) is 57.5 Å². The Balaban J connectivity index is 1.54. The second kappa shape index (κ2) is 9.77. The Bertz CT molecular complexity index is 812. The molecule has 1 aromatic rings. The highest BCUT2D eigenvalue weighted by atomic mass is 32.2. The van der Waals surface area contributed by atoms with Crippen molar-refractivity contribution < 1.29 is 17.9 Å². The van der Waals surface area contributed by atoms with Crippen LogP contribution in [0.15, 0.2) is 29.2 Å². The SMILES string of the molecule is CC(C)(C)C1CCCCC1NCC(=O)Nc1ccc(S(=O)(=O)N2CCOCC2)cc1. The number of ether oxygens (including phenoxy) is 1. The highest BCUT2D eigenvalue weighted by Gasteiger charge is 2.34. The fourth-order valence-electron chi connectivity index (χ4n) is 4.49. The highest BCUT2D eigenvalue weighted by molar-refractivity contribution is 7.89. The predicted octanol–water partition coefficient (Wildman–Crippen LogP) is 2.84. The summed E-state index contributed by atoms with van der Waals surface area (Å²) in [6, 6.07) is 6.73. The van der Waals surface area contributed by atoms with E-state index in [4.69, 9.17) is 4.74 Å². The van der Waals surface area contributed by atoms with E-state index in [0.717, 1.165) is 6.42 Å². The third-order valence-corrected chi connectivity index (χ3v) is 8.06. The van der Waals surface area contributed by atoms with E-state index in [1.54, 1.807) is 24.3 Å². The fraction of sp³-hybridized carbons (Fsp3) is 0.682. The van der Waals surface area contributed by atoms with E-state index in [0.29, 0.717) is 44.0 Å². The summed E-state index contributed by atoms with van der Waals surface area (Å²) >= 11 is 0. The maximum atomic E-state index is 12.7.